The summed E-state index contributed by atoms with van der Waals surface area (Å²) in [6, 6.07) is -1.24. The number of nitrogens with two attached hydrogens (primary N) is 1. The Bertz CT molecular complexity index is 1310. The van der Waals surface area contributed by atoms with E-state index in [4.69, 9.17) is 29.9 Å². The third kappa shape index (κ3) is 38.2. The van der Waals surface area contributed by atoms with Crippen molar-refractivity contribution in [2.75, 3.05) is 32.2 Å². The lowest BCUT2D eigenvalue weighted by Crippen LogP contribution is -2.40. The number of hydrogen-bond donors (Lipinski definition) is 6. The third-order valence-corrected chi connectivity index (χ3v) is 12.0. The van der Waals surface area contributed by atoms with Gasteiger partial charge in [0.25, 0.3) is 0 Å². The molecule has 0 radical (unpaired) electrons. The van der Waals surface area contributed by atoms with Crippen LogP contribution in [0.4, 0.5) is 0 Å². The third-order valence-electron chi connectivity index (χ3n) is 9.66. The van der Waals surface area contributed by atoms with E-state index >= 15 is 0 Å². The van der Waals surface area contributed by atoms with E-state index in [0.717, 1.165) is 38.0 Å². The maximum atomic E-state index is 13.1. The van der Waals surface area contributed by atoms with E-state index in [-0.39, 0.29) is 31.4 Å². The first kappa shape index (κ1) is 59.7. The summed E-state index contributed by atoms with van der Waals surface area (Å²) in [4.78, 5) is 46.9. The Morgan fingerprint density at radius 2 is 1.37 bits per heavy atom. The number of thioether (sulfide) groups is 1. The van der Waals surface area contributed by atoms with Gasteiger partial charge in [-0.1, -0.05) is 153 Å². The fourth-order valence-electron chi connectivity index (χ4n) is 5.95. The highest BCUT2D eigenvalue weighted by Crippen LogP contribution is 2.43. The molecule has 0 bridgehead atoms. The van der Waals surface area contributed by atoms with Crippen LogP contribution >= 0.6 is 19.6 Å². The van der Waals surface area contributed by atoms with Gasteiger partial charge in [0.15, 0.2) is 6.10 Å². The van der Waals surface area contributed by atoms with Gasteiger partial charge in [0.05, 0.1) is 25.9 Å². The lowest BCUT2D eigenvalue weighted by atomic mass is 10.0. The number of hydrogen-bond acceptors (Lipinski definition) is 13. The fraction of sp³-hybridized carbons (Fsp3) is 0.761. The molecule has 0 aromatic carbocycles. The number of unbranched alkanes of at least 4 members (excludes halogenated alkanes) is 13. The molecule has 0 aromatic rings. The number of phosphoric ester groups is 1. The minimum atomic E-state index is -4.78. The molecule has 62 heavy (non-hydrogen) atoms. The standard InChI is InChI=1S/C46H82NO13PS/c1-4-5-6-7-8-9-10-13-16-19-22-25-30-43(42(50)29-27-31-44(51)52)62-37-41(47)46(54)60-40(36-59-61(55,56)58-34-39(49)33-48)35-57-45(53)32-26-23-20-17-14-11-12-15-18-21-24-28-38(2)3/h8-9,13,16,19,22,25,30,38-43,48-50H,4-7,10-12,14-15,17-18,20-21,23-24,26-29,31-37,47H2,1-3H3,(H,51,52)(H,55,56)/b9-8-,16-13-,22-19+,30-25+/t39-,40+,41-,42-,43+/m0/s1. The first-order valence-corrected chi connectivity index (χ1v) is 25.4. The fourth-order valence-corrected chi connectivity index (χ4v) is 7.87. The molecule has 0 fully saturated rings. The van der Waals surface area contributed by atoms with Crippen LogP contribution < -0.4 is 5.73 Å². The predicted molar refractivity (Wildman–Crippen MR) is 248 cm³/mol. The molecule has 16 heteroatoms. The Labute approximate surface area is 376 Å². The summed E-state index contributed by atoms with van der Waals surface area (Å²) >= 11 is 1.17. The van der Waals surface area contributed by atoms with Crippen molar-refractivity contribution in [2.45, 2.75) is 185 Å². The minimum absolute atomic E-state index is 0.0233. The van der Waals surface area contributed by atoms with Gasteiger partial charge in [-0.25, -0.2) is 4.57 Å². The van der Waals surface area contributed by atoms with E-state index in [1.54, 1.807) is 18.2 Å². The molecular weight excluding hydrogens is 838 g/mol. The summed E-state index contributed by atoms with van der Waals surface area (Å²) in [6.07, 6.45) is 31.3. The van der Waals surface area contributed by atoms with Crippen LogP contribution in [-0.2, 0) is 37.5 Å². The predicted octanol–water partition coefficient (Wildman–Crippen LogP) is 8.90. The lowest BCUT2D eigenvalue weighted by molar-refractivity contribution is -0.161. The topological polar surface area (TPSA) is 232 Å². The number of aliphatic carboxylic acids is 1. The quantitative estimate of drug-likeness (QED) is 0.0110. The van der Waals surface area contributed by atoms with Gasteiger partial charge in [0.2, 0.25) is 0 Å². The van der Waals surface area contributed by atoms with Crippen molar-refractivity contribution in [3.8, 4) is 0 Å². The highest BCUT2D eigenvalue weighted by Gasteiger charge is 2.29. The molecule has 0 rings (SSSR count). The number of carbonyl (C=O) groups is 3. The Hall–Kier alpha value is -2.33. The summed E-state index contributed by atoms with van der Waals surface area (Å²) in [6.45, 7) is 4.07. The summed E-state index contributed by atoms with van der Waals surface area (Å²) in [7, 11) is -4.78. The Kier molecular flexibility index (Phi) is 38.7. The van der Waals surface area contributed by atoms with Gasteiger partial charge in [-0.3, -0.25) is 23.4 Å². The number of ether oxygens (including phenoxy) is 2. The molecule has 0 aromatic heterocycles. The monoisotopic (exact) mass is 920 g/mol. The molecular formula is C46H82NO13PS. The molecule has 1 unspecified atom stereocenters. The molecule has 6 atom stereocenters. The molecule has 0 aliphatic heterocycles. The molecule has 0 saturated carbocycles. The van der Waals surface area contributed by atoms with Crippen molar-refractivity contribution in [1.82, 2.24) is 0 Å². The largest absolute Gasteiger partial charge is 0.481 e. The van der Waals surface area contributed by atoms with Crippen molar-refractivity contribution in [3.63, 3.8) is 0 Å². The van der Waals surface area contributed by atoms with Crippen molar-refractivity contribution in [2.24, 2.45) is 11.7 Å². The summed E-state index contributed by atoms with van der Waals surface area (Å²) < 4.78 is 32.9. The molecule has 7 N–H and O–H groups in total. The van der Waals surface area contributed by atoms with Crippen molar-refractivity contribution in [1.29, 1.82) is 0 Å². The van der Waals surface area contributed by atoms with Crippen LogP contribution in [0, 0.1) is 5.92 Å². The Balaban J connectivity index is 5.22. The first-order chi connectivity index (χ1) is 29.7. The average molecular weight is 920 g/mol. The summed E-state index contributed by atoms with van der Waals surface area (Å²) in [5.41, 5.74) is 6.19. The number of carboxylic acid groups (broad SMARTS) is 1. The smallest absolute Gasteiger partial charge is 0.472 e. The summed E-state index contributed by atoms with van der Waals surface area (Å²) in [5.74, 6) is -1.69. The zero-order chi connectivity index (χ0) is 46.3. The maximum absolute atomic E-state index is 13.1. The van der Waals surface area contributed by atoms with Gasteiger partial charge in [-0.05, 0) is 44.4 Å². The van der Waals surface area contributed by atoms with E-state index in [0.29, 0.717) is 6.42 Å². The van der Waals surface area contributed by atoms with Crippen LogP contribution in [0.25, 0.3) is 0 Å². The van der Waals surface area contributed by atoms with Gasteiger partial charge in [-0.15, -0.1) is 11.8 Å². The van der Waals surface area contributed by atoms with Gasteiger partial charge < -0.3 is 40.5 Å². The van der Waals surface area contributed by atoms with E-state index in [9.17, 15) is 34.1 Å². The second kappa shape index (κ2) is 40.2. The van der Waals surface area contributed by atoms with Crippen molar-refractivity contribution < 1.29 is 62.8 Å². The molecule has 0 saturated heterocycles. The molecule has 0 heterocycles. The second-order valence-electron chi connectivity index (χ2n) is 16.1. The zero-order valence-corrected chi connectivity index (χ0v) is 39.6. The molecule has 0 aliphatic rings. The first-order valence-electron chi connectivity index (χ1n) is 22.9. The normalized spacial score (nSPS) is 15.7. The summed E-state index contributed by atoms with van der Waals surface area (Å²) in [5, 5.41) is 37.9. The number of aliphatic hydroxyl groups is 3. The van der Waals surface area contributed by atoms with Crippen LogP contribution in [0.15, 0.2) is 48.6 Å². The molecule has 0 amide bonds. The maximum Gasteiger partial charge on any atom is 0.472 e. The number of esters is 2. The lowest BCUT2D eigenvalue weighted by Gasteiger charge is -2.23. The average Bonchev–Trinajstić information content (AvgIpc) is 3.23. The van der Waals surface area contributed by atoms with Crippen molar-refractivity contribution >= 4 is 37.5 Å². The number of carboxylic acids is 1. The number of rotatable bonds is 42. The van der Waals surface area contributed by atoms with E-state index in [2.05, 4.69) is 37.4 Å². The number of allylic oxidation sites excluding steroid dienone is 7. The molecule has 0 aliphatic carbocycles. The number of aliphatic hydroxyl groups excluding tert-OH is 3. The van der Waals surface area contributed by atoms with Crippen LogP contribution in [0.5, 0.6) is 0 Å². The SMILES string of the molecule is CCCCC/C=C\C\C=C/C=C/C=C/[C@@H](SC[C@H](N)C(=O)O[C@H](COC(=O)CCCCCCCCCCCCCC(C)C)COP(=O)(O)OC[C@@H](O)CO)[C@@H](O)CCCC(=O)O. The molecule has 0 spiro atoms. The second-order valence-corrected chi connectivity index (χ2v) is 18.8. The highest BCUT2D eigenvalue weighted by atomic mass is 32.2. The van der Waals surface area contributed by atoms with Crippen LogP contribution in [-0.4, -0.2) is 105 Å². The van der Waals surface area contributed by atoms with Crippen LogP contribution in [0.2, 0.25) is 0 Å². The molecule has 14 nitrogen and oxygen atoms in total. The number of phosphoric acid groups is 1. The van der Waals surface area contributed by atoms with Crippen LogP contribution in [0.3, 0.4) is 0 Å². The van der Waals surface area contributed by atoms with E-state index < -0.39 is 81.8 Å². The minimum Gasteiger partial charge on any atom is -0.481 e. The Morgan fingerprint density at radius 3 is 2.00 bits per heavy atom. The zero-order valence-electron chi connectivity index (χ0n) is 37.9. The molecule has 360 valence electrons. The van der Waals surface area contributed by atoms with Gasteiger partial charge in [0.1, 0.15) is 18.8 Å². The van der Waals surface area contributed by atoms with E-state index in [1.807, 2.05) is 18.2 Å². The van der Waals surface area contributed by atoms with Gasteiger partial charge in [-0.2, -0.15) is 0 Å². The Morgan fingerprint density at radius 1 is 0.742 bits per heavy atom. The highest BCUT2D eigenvalue weighted by molar-refractivity contribution is 8.00. The number of carbonyl (C=O) groups excluding carboxylic acids is 2. The van der Waals surface area contributed by atoms with Gasteiger partial charge >= 0.3 is 25.7 Å². The van der Waals surface area contributed by atoms with Gasteiger partial charge in [0, 0.05) is 23.8 Å². The van der Waals surface area contributed by atoms with Crippen LogP contribution in [0.1, 0.15) is 156 Å². The van der Waals surface area contributed by atoms with Crippen molar-refractivity contribution in [3.05, 3.63) is 48.6 Å². The van der Waals surface area contributed by atoms with E-state index in [1.165, 1.54) is 82.4 Å².